The van der Waals surface area contributed by atoms with Gasteiger partial charge < -0.3 is 25.3 Å². The zero-order valence-corrected chi connectivity index (χ0v) is 18.6. The van der Waals surface area contributed by atoms with Crippen LogP contribution in [0.25, 0.3) is 11.0 Å². The van der Waals surface area contributed by atoms with Gasteiger partial charge in [-0.2, -0.15) is 0 Å². The SMILES string of the molecule is CCCCN(CC)C(=O)c1c[nH]c2c(C(=O)NCc3ccc4c(c3)NC(=O)CO4)ncnc12. The Morgan fingerprint density at radius 1 is 1.24 bits per heavy atom. The molecule has 0 aliphatic carbocycles. The number of unbranched alkanes of at least 4 members (excludes halogenated alkanes) is 1. The van der Waals surface area contributed by atoms with Crippen molar-refractivity contribution in [1.29, 1.82) is 0 Å². The van der Waals surface area contributed by atoms with Crippen LogP contribution >= 0.6 is 0 Å². The molecule has 1 aromatic carbocycles. The highest BCUT2D eigenvalue weighted by molar-refractivity contribution is 6.10. The lowest BCUT2D eigenvalue weighted by Crippen LogP contribution is -2.31. The average molecular weight is 450 g/mol. The van der Waals surface area contributed by atoms with E-state index >= 15 is 0 Å². The van der Waals surface area contributed by atoms with E-state index in [0.717, 1.165) is 18.4 Å². The molecular weight excluding hydrogens is 424 g/mol. The minimum absolute atomic E-state index is 0.0119. The molecule has 0 spiro atoms. The molecule has 0 saturated carbocycles. The maximum absolute atomic E-state index is 13.0. The van der Waals surface area contributed by atoms with Gasteiger partial charge in [-0.15, -0.1) is 0 Å². The van der Waals surface area contributed by atoms with E-state index in [2.05, 4.69) is 32.5 Å². The standard InChI is InChI=1S/C23H26N6O4/c1-3-5-8-29(4-2)23(32)15-11-24-20-19(15)26-13-27-21(20)22(31)25-10-14-6-7-17-16(9-14)28-18(30)12-33-17/h6-7,9,11,13,24H,3-5,8,10,12H2,1-2H3,(H,25,31)(H,28,30). The van der Waals surface area contributed by atoms with Crippen LogP contribution in [0.2, 0.25) is 0 Å². The number of aromatic amines is 1. The number of anilines is 1. The number of amides is 3. The van der Waals surface area contributed by atoms with Crippen molar-refractivity contribution >= 4 is 34.4 Å². The largest absolute Gasteiger partial charge is 0.482 e. The van der Waals surface area contributed by atoms with Crippen LogP contribution in [0, 0.1) is 0 Å². The van der Waals surface area contributed by atoms with Crippen LogP contribution in [0.3, 0.4) is 0 Å². The molecular formula is C23H26N6O4. The van der Waals surface area contributed by atoms with E-state index in [-0.39, 0.29) is 30.7 Å². The van der Waals surface area contributed by atoms with Gasteiger partial charge in [-0.3, -0.25) is 14.4 Å². The number of nitrogens with one attached hydrogen (secondary N) is 3. The monoisotopic (exact) mass is 450 g/mol. The number of fused-ring (bicyclic) bond motifs is 2. The third-order valence-corrected chi connectivity index (χ3v) is 5.49. The minimum Gasteiger partial charge on any atom is -0.482 e. The Hall–Kier alpha value is -3.95. The highest BCUT2D eigenvalue weighted by Crippen LogP contribution is 2.28. The molecule has 3 heterocycles. The molecule has 4 rings (SSSR count). The predicted octanol–water partition coefficient (Wildman–Crippen LogP) is 2.48. The molecule has 0 fully saturated rings. The number of carbonyl (C=O) groups excluding carboxylic acids is 3. The van der Waals surface area contributed by atoms with Crippen molar-refractivity contribution in [3.8, 4) is 5.75 Å². The Morgan fingerprint density at radius 2 is 2.09 bits per heavy atom. The smallest absolute Gasteiger partial charge is 0.272 e. The van der Waals surface area contributed by atoms with Crippen LogP contribution < -0.4 is 15.4 Å². The second-order valence-electron chi connectivity index (χ2n) is 7.74. The van der Waals surface area contributed by atoms with Gasteiger partial charge in [-0.25, -0.2) is 9.97 Å². The van der Waals surface area contributed by atoms with E-state index in [4.69, 9.17) is 4.74 Å². The molecule has 1 aliphatic rings. The molecule has 0 saturated heterocycles. The summed E-state index contributed by atoms with van der Waals surface area (Å²) in [5.41, 5.74) is 2.77. The topological polar surface area (TPSA) is 129 Å². The zero-order chi connectivity index (χ0) is 23.4. The molecule has 10 heteroatoms. The lowest BCUT2D eigenvalue weighted by molar-refractivity contribution is -0.118. The molecule has 3 aromatic rings. The number of H-pyrrole nitrogens is 1. The van der Waals surface area contributed by atoms with Crippen LogP contribution in [0.4, 0.5) is 5.69 Å². The van der Waals surface area contributed by atoms with E-state index in [9.17, 15) is 14.4 Å². The van der Waals surface area contributed by atoms with E-state index in [1.807, 2.05) is 13.0 Å². The van der Waals surface area contributed by atoms with Crippen LogP contribution in [0.15, 0.2) is 30.7 Å². The first-order valence-corrected chi connectivity index (χ1v) is 11.0. The molecule has 172 valence electrons. The fourth-order valence-electron chi connectivity index (χ4n) is 3.70. The first-order valence-electron chi connectivity index (χ1n) is 11.0. The molecule has 1 aliphatic heterocycles. The predicted molar refractivity (Wildman–Crippen MR) is 122 cm³/mol. The summed E-state index contributed by atoms with van der Waals surface area (Å²) < 4.78 is 5.35. The Morgan fingerprint density at radius 3 is 2.88 bits per heavy atom. The summed E-state index contributed by atoms with van der Waals surface area (Å²) >= 11 is 0. The van der Waals surface area contributed by atoms with Gasteiger partial charge in [0.05, 0.1) is 16.8 Å². The van der Waals surface area contributed by atoms with Crippen LogP contribution in [-0.4, -0.2) is 57.3 Å². The lowest BCUT2D eigenvalue weighted by Gasteiger charge is -2.20. The second kappa shape index (κ2) is 9.68. The zero-order valence-electron chi connectivity index (χ0n) is 18.6. The average Bonchev–Trinajstić information content (AvgIpc) is 3.26. The minimum atomic E-state index is -0.403. The van der Waals surface area contributed by atoms with Crippen LogP contribution in [-0.2, 0) is 11.3 Å². The number of hydrogen-bond donors (Lipinski definition) is 3. The Bertz CT molecular complexity index is 1200. The Balaban J connectivity index is 1.51. The summed E-state index contributed by atoms with van der Waals surface area (Å²) in [5.74, 6) is -0.161. The van der Waals surface area contributed by atoms with Crippen molar-refractivity contribution in [3.05, 3.63) is 47.5 Å². The van der Waals surface area contributed by atoms with Gasteiger partial charge in [0.1, 0.15) is 17.6 Å². The fraction of sp³-hybridized carbons (Fsp3) is 0.348. The molecule has 0 radical (unpaired) electrons. The number of ether oxygens (including phenoxy) is 1. The second-order valence-corrected chi connectivity index (χ2v) is 7.74. The van der Waals surface area contributed by atoms with Gasteiger partial charge in [0.25, 0.3) is 17.7 Å². The fourth-order valence-corrected chi connectivity index (χ4v) is 3.70. The summed E-state index contributed by atoms with van der Waals surface area (Å²) in [6.07, 6.45) is 4.78. The maximum Gasteiger partial charge on any atom is 0.272 e. The van der Waals surface area contributed by atoms with Crippen molar-refractivity contribution in [2.24, 2.45) is 0 Å². The molecule has 3 amide bonds. The maximum atomic E-state index is 13.0. The van der Waals surface area contributed by atoms with Gasteiger partial charge in [0.2, 0.25) is 0 Å². The third kappa shape index (κ3) is 4.64. The molecule has 10 nitrogen and oxygen atoms in total. The van der Waals surface area contributed by atoms with Gasteiger partial charge in [0, 0.05) is 25.8 Å². The van der Waals surface area contributed by atoms with Crippen molar-refractivity contribution in [2.75, 3.05) is 25.0 Å². The summed E-state index contributed by atoms with van der Waals surface area (Å²) in [7, 11) is 0. The van der Waals surface area contributed by atoms with Crippen molar-refractivity contribution in [2.45, 2.75) is 33.2 Å². The number of benzene rings is 1. The number of aromatic nitrogens is 3. The highest BCUT2D eigenvalue weighted by Gasteiger charge is 2.22. The first-order chi connectivity index (χ1) is 16.0. The van der Waals surface area contributed by atoms with Gasteiger partial charge >= 0.3 is 0 Å². The van der Waals surface area contributed by atoms with Gasteiger partial charge in [-0.1, -0.05) is 19.4 Å². The number of carbonyl (C=O) groups is 3. The Kier molecular flexibility index (Phi) is 6.53. The number of hydrogen-bond acceptors (Lipinski definition) is 6. The normalized spacial score (nSPS) is 12.6. The molecule has 0 bridgehead atoms. The van der Waals surface area contributed by atoms with Gasteiger partial charge in [-0.05, 0) is 31.0 Å². The van der Waals surface area contributed by atoms with Crippen molar-refractivity contribution in [1.82, 2.24) is 25.2 Å². The molecule has 2 aromatic heterocycles. The molecule has 0 unspecified atom stereocenters. The highest BCUT2D eigenvalue weighted by atomic mass is 16.5. The molecule has 3 N–H and O–H groups in total. The Labute approximate surface area is 190 Å². The van der Waals surface area contributed by atoms with Crippen LogP contribution in [0.5, 0.6) is 5.75 Å². The summed E-state index contributed by atoms with van der Waals surface area (Å²) in [4.78, 5) is 50.5. The summed E-state index contributed by atoms with van der Waals surface area (Å²) in [6.45, 7) is 5.49. The lowest BCUT2D eigenvalue weighted by atomic mass is 10.1. The summed E-state index contributed by atoms with van der Waals surface area (Å²) in [5, 5.41) is 5.57. The van der Waals surface area contributed by atoms with E-state index in [1.54, 1.807) is 23.2 Å². The molecule has 0 atom stereocenters. The van der Waals surface area contributed by atoms with Crippen LogP contribution in [0.1, 0.15) is 53.1 Å². The van der Waals surface area contributed by atoms with E-state index in [0.29, 0.717) is 41.1 Å². The first kappa shape index (κ1) is 22.3. The number of nitrogens with zero attached hydrogens (tertiary/aromatic N) is 3. The third-order valence-electron chi connectivity index (χ3n) is 5.49. The van der Waals surface area contributed by atoms with Crippen molar-refractivity contribution < 1.29 is 19.1 Å². The van der Waals surface area contributed by atoms with E-state index in [1.165, 1.54) is 6.33 Å². The quantitative estimate of drug-likeness (QED) is 0.484. The van der Waals surface area contributed by atoms with E-state index < -0.39 is 5.91 Å². The number of rotatable bonds is 8. The van der Waals surface area contributed by atoms with Gasteiger partial charge in [0.15, 0.2) is 12.3 Å². The summed E-state index contributed by atoms with van der Waals surface area (Å²) in [6, 6.07) is 5.32. The van der Waals surface area contributed by atoms with Crippen molar-refractivity contribution in [3.63, 3.8) is 0 Å². The molecule has 33 heavy (non-hydrogen) atoms.